The molecule has 0 spiro atoms. The fourth-order valence-electron chi connectivity index (χ4n) is 1.94. The summed E-state index contributed by atoms with van der Waals surface area (Å²) in [6, 6.07) is 7.09. The lowest BCUT2D eigenvalue weighted by molar-refractivity contribution is -0.144. The van der Waals surface area contributed by atoms with E-state index >= 15 is 0 Å². The molecule has 114 valence electrons. The summed E-state index contributed by atoms with van der Waals surface area (Å²) in [4.78, 5) is 10.8. The Bertz CT molecular complexity index is 507. The molecular weight excluding hydrogens is 271 g/mol. The number of carboxylic acid groups (broad SMARTS) is 1. The van der Waals surface area contributed by atoms with E-state index in [9.17, 15) is 4.79 Å². The van der Waals surface area contributed by atoms with Gasteiger partial charge < -0.3 is 19.2 Å². The van der Waals surface area contributed by atoms with Crippen LogP contribution in [0, 0.1) is 0 Å². The van der Waals surface area contributed by atoms with E-state index in [0.29, 0.717) is 5.75 Å². The molecule has 0 unspecified atom stereocenters. The summed E-state index contributed by atoms with van der Waals surface area (Å²) in [5, 5.41) is 8.82. The van der Waals surface area contributed by atoms with Crippen molar-refractivity contribution in [3.8, 4) is 5.75 Å². The Balaban J connectivity index is 2.09. The molecule has 5 nitrogen and oxygen atoms in total. The van der Waals surface area contributed by atoms with Gasteiger partial charge in [0, 0.05) is 0 Å². The van der Waals surface area contributed by atoms with Gasteiger partial charge in [0.25, 0.3) is 0 Å². The van der Waals surface area contributed by atoms with Crippen molar-refractivity contribution in [2.45, 2.75) is 51.9 Å². The van der Waals surface area contributed by atoms with Crippen molar-refractivity contribution in [2.75, 3.05) is 0 Å². The molecular formula is C15H21BO5. The number of carboxylic acids is 1. The third-order valence-corrected chi connectivity index (χ3v) is 4.07. The van der Waals surface area contributed by atoms with Crippen molar-refractivity contribution >= 4 is 18.6 Å². The second-order valence-corrected chi connectivity index (χ2v) is 6.26. The quantitative estimate of drug-likeness (QED) is 0.858. The highest BCUT2D eigenvalue weighted by Crippen LogP contribution is 2.36. The number of hydrogen-bond acceptors (Lipinski definition) is 4. The molecule has 1 fully saturated rings. The number of ether oxygens (including phenoxy) is 1. The largest absolute Gasteiger partial charge is 0.494 e. The van der Waals surface area contributed by atoms with Crippen LogP contribution in [0.1, 0.15) is 34.6 Å². The van der Waals surface area contributed by atoms with E-state index in [1.165, 1.54) is 6.92 Å². The van der Waals surface area contributed by atoms with Crippen molar-refractivity contribution in [3.63, 3.8) is 0 Å². The summed E-state index contributed by atoms with van der Waals surface area (Å²) in [7, 11) is -0.430. The van der Waals surface area contributed by atoms with Crippen LogP contribution in [0.25, 0.3) is 0 Å². The number of aliphatic carboxylic acids is 1. The maximum atomic E-state index is 10.8. The molecule has 1 heterocycles. The van der Waals surface area contributed by atoms with Crippen LogP contribution >= 0.6 is 0 Å². The highest BCUT2D eigenvalue weighted by molar-refractivity contribution is 6.62. The SMILES string of the molecule is C[C@H](Oc1ccc(B2OC(C)(C)C(C)(C)O2)cc1)C(=O)O. The molecule has 1 saturated heterocycles. The molecule has 0 saturated carbocycles. The van der Waals surface area contributed by atoms with Crippen LogP contribution in [0.5, 0.6) is 5.75 Å². The van der Waals surface area contributed by atoms with E-state index in [1.54, 1.807) is 12.1 Å². The van der Waals surface area contributed by atoms with Gasteiger partial charge in [0.2, 0.25) is 0 Å². The zero-order valence-electron chi connectivity index (χ0n) is 13.0. The summed E-state index contributed by atoms with van der Waals surface area (Å²) < 4.78 is 17.2. The maximum Gasteiger partial charge on any atom is 0.494 e. The average Bonchev–Trinajstić information content (AvgIpc) is 2.59. The molecule has 1 aromatic rings. The average molecular weight is 292 g/mol. The first-order chi connectivity index (χ1) is 9.62. The van der Waals surface area contributed by atoms with E-state index in [0.717, 1.165) is 5.46 Å². The van der Waals surface area contributed by atoms with E-state index < -0.39 is 19.2 Å². The van der Waals surface area contributed by atoms with Crippen LogP contribution in [0.3, 0.4) is 0 Å². The van der Waals surface area contributed by atoms with E-state index in [-0.39, 0.29) is 11.2 Å². The van der Waals surface area contributed by atoms with Crippen molar-refractivity contribution < 1.29 is 23.9 Å². The Morgan fingerprint density at radius 3 is 2.05 bits per heavy atom. The molecule has 1 aliphatic heterocycles. The van der Waals surface area contributed by atoms with Gasteiger partial charge in [-0.1, -0.05) is 12.1 Å². The van der Waals surface area contributed by atoms with Crippen LogP contribution in [0.15, 0.2) is 24.3 Å². The third kappa shape index (κ3) is 3.22. The fraction of sp³-hybridized carbons (Fsp3) is 0.533. The predicted molar refractivity (Wildman–Crippen MR) is 79.9 cm³/mol. The Kier molecular flexibility index (Phi) is 4.04. The number of benzene rings is 1. The Hall–Kier alpha value is -1.53. The summed E-state index contributed by atoms with van der Waals surface area (Å²) >= 11 is 0. The van der Waals surface area contributed by atoms with Gasteiger partial charge in [-0.2, -0.15) is 0 Å². The lowest BCUT2D eigenvalue weighted by Crippen LogP contribution is -2.41. The molecule has 6 heteroatoms. The monoisotopic (exact) mass is 292 g/mol. The molecule has 1 aliphatic rings. The summed E-state index contributed by atoms with van der Waals surface area (Å²) in [5.74, 6) is -0.491. The van der Waals surface area contributed by atoms with Gasteiger partial charge in [-0.25, -0.2) is 4.79 Å². The van der Waals surface area contributed by atoms with Crippen LogP contribution < -0.4 is 10.2 Å². The van der Waals surface area contributed by atoms with Crippen LogP contribution in [0.2, 0.25) is 0 Å². The van der Waals surface area contributed by atoms with Gasteiger partial charge in [0.15, 0.2) is 6.10 Å². The van der Waals surface area contributed by atoms with Gasteiger partial charge in [0.05, 0.1) is 11.2 Å². The minimum atomic E-state index is -0.995. The zero-order chi connectivity index (χ0) is 15.8. The second kappa shape index (κ2) is 5.35. The molecule has 0 radical (unpaired) electrons. The summed E-state index contributed by atoms with van der Waals surface area (Å²) in [6.07, 6.45) is -0.882. The number of rotatable bonds is 4. The lowest BCUT2D eigenvalue weighted by Gasteiger charge is -2.32. The molecule has 1 N–H and O–H groups in total. The highest BCUT2D eigenvalue weighted by Gasteiger charge is 2.51. The van der Waals surface area contributed by atoms with Crippen molar-refractivity contribution in [2.24, 2.45) is 0 Å². The fourth-order valence-corrected chi connectivity index (χ4v) is 1.94. The van der Waals surface area contributed by atoms with Crippen molar-refractivity contribution in [1.82, 2.24) is 0 Å². The smallest absolute Gasteiger partial charge is 0.479 e. The first kappa shape index (κ1) is 15.9. The molecule has 2 rings (SSSR count). The number of carbonyl (C=O) groups is 1. The van der Waals surface area contributed by atoms with Gasteiger partial charge in [0.1, 0.15) is 5.75 Å². The third-order valence-electron chi connectivity index (χ3n) is 4.07. The zero-order valence-corrected chi connectivity index (χ0v) is 13.0. The van der Waals surface area contributed by atoms with Crippen LogP contribution in [-0.4, -0.2) is 35.5 Å². The standard InChI is InChI=1S/C15H21BO5/c1-10(13(17)18)19-12-8-6-11(7-9-12)16-20-14(2,3)15(4,5)21-16/h6-10H,1-5H3,(H,17,18)/t10-/m0/s1. The summed E-state index contributed by atoms with van der Waals surface area (Å²) in [6.45, 7) is 9.49. The highest BCUT2D eigenvalue weighted by atomic mass is 16.7. The van der Waals surface area contributed by atoms with E-state index in [2.05, 4.69) is 0 Å². The van der Waals surface area contributed by atoms with Crippen LogP contribution in [-0.2, 0) is 14.1 Å². The summed E-state index contributed by atoms with van der Waals surface area (Å²) in [5.41, 5.74) is 0.110. The Morgan fingerprint density at radius 1 is 1.14 bits per heavy atom. The maximum absolute atomic E-state index is 10.8. The van der Waals surface area contributed by atoms with Crippen LogP contribution in [0.4, 0.5) is 0 Å². The lowest BCUT2D eigenvalue weighted by atomic mass is 9.79. The van der Waals surface area contributed by atoms with Gasteiger partial charge in [-0.3, -0.25) is 0 Å². The van der Waals surface area contributed by atoms with E-state index in [1.807, 2.05) is 39.8 Å². The molecule has 0 bridgehead atoms. The Morgan fingerprint density at radius 2 is 1.62 bits per heavy atom. The number of hydrogen-bond donors (Lipinski definition) is 1. The minimum Gasteiger partial charge on any atom is -0.479 e. The first-order valence-corrected chi connectivity index (χ1v) is 6.97. The van der Waals surface area contributed by atoms with Gasteiger partial charge in [-0.15, -0.1) is 0 Å². The Labute approximate surface area is 125 Å². The molecule has 0 amide bonds. The van der Waals surface area contributed by atoms with Crippen molar-refractivity contribution in [1.29, 1.82) is 0 Å². The topological polar surface area (TPSA) is 65.0 Å². The van der Waals surface area contributed by atoms with Crippen molar-refractivity contribution in [3.05, 3.63) is 24.3 Å². The van der Waals surface area contributed by atoms with Gasteiger partial charge >= 0.3 is 13.1 Å². The minimum absolute atomic E-state index is 0.384. The first-order valence-electron chi connectivity index (χ1n) is 6.97. The van der Waals surface area contributed by atoms with E-state index in [4.69, 9.17) is 19.2 Å². The second-order valence-electron chi connectivity index (χ2n) is 6.26. The molecule has 21 heavy (non-hydrogen) atoms. The molecule has 0 aliphatic carbocycles. The molecule has 0 aromatic heterocycles. The molecule has 1 aromatic carbocycles. The normalized spacial score (nSPS) is 21.1. The molecule has 1 atom stereocenters. The van der Waals surface area contributed by atoms with Gasteiger partial charge in [-0.05, 0) is 52.2 Å². The predicted octanol–water partition coefficient (Wildman–Crippen LogP) is 1.84.